The predicted octanol–water partition coefficient (Wildman–Crippen LogP) is 2.03. The fourth-order valence-electron chi connectivity index (χ4n) is 1.79. The first-order valence-electron chi connectivity index (χ1n) is 6.82. The van der Waals surface area contributed by atoms with Crippen LogP contribution in [0.5, 0.6) is 11.5 Å². The van der Waals surface area contributed by atoms with Crippen LogP contribution >= 0.6 is 0 Å². The van der Waals surface area contributed by atoms with Crippen LogP contribution < -0.4 is 14.2 Å². The van der Waals surface area contributed by atoms with Gasteiger partial charge in [-0.25, -0.2) is 8.42 Å². The van der Waals surface area contributed by atoms with Gasteiger partial charge < -0.3 is 9.47 Å². The van der Waals surface area contributed by atoms with Gasteiger partial charge in [-0.15, -0.1) is 0 Å². The Morgan fingerprint density at radius 3 is 1.96 bits per heavy atom. The van der Waals surface area contributed by atoms with Gasteiger partial charge >= 0.3 is 0 Å². The summed E-state index contributed by atoms with van der Waals surface area (Å²) in [7, 11) is -0.462. The molecule has 0 spiro atoms. The molecule has 0 atom stereocenters. The number of ether oxygens (including phenoxy) is 2. The van der Waals surface area contributed by atoms with E-state index in [1.54, 1.807) is 31.4 Å². The fraction of sp³-hybridized carbons (Fsp3) is 0.176. The standard InChI is InChI=1S/C17H17NO4S/c1-21-15-7-5-14(6-8-15)4-3-13-18-23(19,20)17-11-9-16(22-2)10-12-17/h5-12,18H,13H2,1-2H3. The number of nitrogens with one attached hydrogen (secondary N) is 1. The van der Waals surface area contributed by atoms with Gasteiger partial charge in [-0.3, -0.25) is 0 Å². The first-order valence-corrected chi connectivity index (χ1v) is 8.30. The van der Waals surface area contributed by atoms with Gasteiger partial charge in [0.15, 0.2) is 0 Å². The molecule has 0 aliphatic rings. The van der Waals surface area contributed by atoms with Crippen LogP contribution in [0.3, 0.4) is 0 Å². The van der Waals surface area contributed by atoms with Crippen LogP contribution in [0.25, 0.3) is 0 Å². The molecule has 0 aliphatic carbocycles. The van der Waals surface area contributed by atoms with Gasteiger partial charge in [-0.2, -0.15) is 4.72 Å². The van der Waals surface area contributed by atoms with Crippen molar-refractivity contribution in [2.75, 3.05) is 20.8 Å². The Bertz CT molecular complexity index is 800. The summed E-state index contributed by atoms with van der Waals surface area (Å²) in [6.07, 6.45) is 0. The number of sulfonamides is 1. The summed E-state index contributed by atoms with van der Waals surface area (Å²) in [6, 6.07) is 13.4. The third-order valence-corrected chi connectivity index (χ3v) is 4.46. The van der Waals surface area contributed by atoms with Crippen molar-refractivity contribution in [3.63, 3.8) is 0 Å². The van der Waals surface area contributed by atoms with Crippen molar-refractivity contribution < 1.29 is 17.9 Å². The second kappa shape index (κ2) is 7.68. The quantitative estimate of drug-likeness (QED) is 0.852. The monoisotopic (exact) mass is 331 g/mol. The molecular weight excluding hydrogens is 314 g/mol. The maximum atomic E-state index is 12.1. The largest absolute Gasteiger partial charge is 0.497 e. The molecule has 6 heteroatoms. The molecule has 0 unspecified atom stereocenters. The number of methoxy groups -OCH3 is 2. The minimum Gasteiger partial charge on any atom is -0.497 e. The second-order valence-corrected chi connectivity index (χ2v) is 6.30. The van der Waals surface area contributed by atoms with E-state index in [1.165, 1.54) is 19.2 Å². The Morgan fingerprint density at radius 2 is 1.43 bits per heavy atom. The smallest absolute Gasteiger partial charge is 0.241 e. The van der Waals surface area contributed by atoms with E-state index in [0.717, 1.165) is 11.3 Å². The van der Waals surface area contributed by atoms with Crippen molar-refractivity contribution in [1.82, 2.24) is 4.72 Å². The molecule has 0 bridgehead atoms. The lowest BCUT2D eigenvalue weighted by Gasteiger charge is -2.05. The Labute approximate surface area is 136 Å². The third kappa shape index (κ3) is 4.74. The molecule has 0 radical (unpaired) electrons. The third-order valence-electron chi connectivity index (χ3n) is 3.04. The van der Waals surface area contributed by atoms with Crippen LogP contribution in [0.2, 0.25) is 0 Å². The highest BCUT2D eigenvalue weighted by Crippen LogP contribution is 2.15. The van der Waals surface area contributed by atoms with Crippen LogP contribution in [0.4, 0.5) is 0 Å². The zero-order chi connectivity index (χ0) is 16.7. The predicted molar refractivity (Wildman–Crippen MR) is 88.1 cm³/mol. The molecule has 0 aromatic heterocycles. The molecule has 1 N–H and O–H groups in total. The van der Waals surface area contributed by atoms with Crippen LogP contribution in [-0.2, 0) is 10.0 Å². The lowest BCUT2D eigenvalue weighted by atomic mass is 10.2. The number of benzene rings is 2. The Kier molecular flexibility index (Phi) is 5.63. The van der Waals surface area contributed by atoms with E-state index in [-0.39, 0.29) is 11.4 Å². The van der Waals surface area contributed by atoms with Gasteiger partial charge in [0, 0.05) is 5.56 Å². The molecule has 0 saturated carbocycles. The van der Waals surface area contributed by atoms with E-state index in [1.807, 2.05) is 12.1 Å². The van der Waals surface area contributed by atoms with E-state index >= 15 is 0 Å². The van der Waals surface area contributed by atoms with E-state index in [2.05, 4.69) is 16.6 Å². The Balaban J connectivity index is 1.97. The first-order chi connectivity index (χ1) is 11.0. The van der Waals surface area contributed by atoms with Gasteiger partial charge in [-0.05, 0) is 48.5 Å². The van der Waals surface area contributed by atoms with Crippen molar-refractivity contribution in [3.05, 3.63) is 54.1 Å². The molecule has 2 rings (SSSR count). The van der Waals surface area contributed by atoms with Gasteiger partial charge in [0.1, 0.15) is 11.5 Å². The highest BCUT2D eigenvalue weighted by molar-refractivity contribution is 7.89. The van der Waals surface area contributed by atoms with Crippen molar-refractivity contribution in [2.24, 2.45) is 0 Å². The van der Waals surface area contributed by atoms with E-state index in [0.29, 0.717) is 5.75 Å². The molecule has 0 fully saturated rings. The highest BCUT2D eigenvalue weighted by Gasteiger charge is 2.12. The lowest BCUT2D eigenvalue weighted by molar-refractivity contribution is 0.414. The van der Waals surface area contributed by atoms with Crippen molar-refractivity contribution in [3.8, 4) is 23.3 Å². The zero-order valence-electron chi connectivity index (χ0n) is 12.9. The van der Waals surface area contributed by atoms with Crippen molar-refractivity contribution in [2.45, 2.75) is 4.90 Å². The van der Waals surface area contributed by atoms with E-state index in [4.69, 9.17) is 9.47 Å². The van der Waals surface area contributed by atoms with Crippen molar-refractivity contribution >= 4 is 10.0 Å². The van der Waals surface area contributed by atoms with Gasteiger partial charge in [0.05, 0.1) is 25.7 Å². The number of rotatable bonds is 5. The molecule has 2 aromatic carbocycles. The molecule has 2 aromatic rings. The Morgan fingerprint density at radius 1 is 0.913 bits per heavy atom. The first kappa shape index (κ1) is 16.9. The van der Waals surface area contributed by atoms with Crippen molar-refractivity contribution in [1.29, 1.82) is 0 Å². The summed E-state index contributed by atoms with van der Waals surface area (Å²) in [4.78, 5) is 0.171. The summed E-state index contributed by atoms with van der Waals surface area (Å²) >= 11 is 0. The van der Waals surface area contributed by atoms with Gasteiger partial charge in [-0.1, -0.05) is 11.8 Å². The average Bonchev–Trinajstić information content (AvgIpc) is 2.59. The molecule has 0 saturated heterocycles. The molecule has 23 heavy (non-hydrogen) atoms. The summed E-state index contributed by atoms with van der Waals surface area (Å²) in [5, 5.41) is 0. The Hall–Kier alpha value is -2.49. The SMILES string of the molecule is COc1ccc(C#CCNS(=O)(=O)c2ccc(OC)cc2)cc1. The van der Waals surface area contributed by atoms with Crippen LogP contribution in [0.1, 0.15) is 5.56 Å². The summed E-state index contributed by atoms with van der Waals surface area (Å²) in [6.45, 7) is 0.0282. The van der Waals surface area contributed by atoms with Gasteiger partial charge in [0.25, 0.3) is 0 Å². The highest BCUT2D eigenvalue weighted by atomic mass is 32.2. The second-order valence-electron chi connectivity index (χ2n) is 4.53. The minimum atomic E-state index is -3.58. The van der Waals surface area contributed by atoms with E-state index < -0.39 is 10.0 Å². The maximum Gasteiger partial charge on any atom is 0.241 e. The molecule has 120 valence electrons. The van der Waals surface area contributed by atoms with Crippen LogP contribution in [0.15, 0.2) is 53.4 Å². The summed E-state index contributed by atoms with van der Waals surface area (Å²) < 4.78 is 36.7. The summed E-state index contributed by atoms with van der Waals surface area (Å²) in [5.74, 6) is 7.01. The average molecular weight is 331 g/mol. The normalized spacial score (nSPS) is 10.5. The molecule has 0 heterocycles. The summed E-state index contributed by atoms with van der Waals surface area (Å²) in [5.41, 5.74) is 0.787. The molecule has 0 amide bonds. The maximum absolute atomic E-state index is 12.1. The van der Waals surface area contributed by atoms with Crippen LogP contribution in [0, 0.1) is 11.8 Å². The minimum absolute atomic E-state index is 0.0282. The fourth-order valence-corrected chi connectivity index (χ4v) is 2.71. The zero-order valence-corrected chi connectivity index (χ0v) is 13.7. The lowest BCUT2D eigenvalue weighted by Crippen LogP contribution is -2.23. The van der Waals surface area contributed by atoms with Gasteiger partial charge in [0.2, 0.25) is 10.0 Å². The topological polar surface area (TPSA) is 64.6 Å². The number of hydrogen-bond acceptors (Lipinski definition) is 4. The van der Waals surface area contributed by atoms with E-state index in [9.17, 15) is 8.42 Å². The molecule has 5 nitrogen and oxygen atoms in total. The van der Waals surface area contributed by atoms with Crippen LogP contribution in [-0.4, -0.2) is 29.2 Å². The molecular formula is C17H17NO4S. The number of hydrogen-bond donors (Lipinski definition) is 1. The molecule has 0 aliphatic heterocycles.